The second kappa shape index (κ2) is 4.56. The van der Waals surface area contributed by atoms with Crippen LogP contribution in [0.4, 0.5) is 0 Å². The Kier molecular flexibility index (Phi) is 2.57. The molecule has 0 atom stereocenters. The fourth-order valence-corrected chi connectivity index (χ4v) is 2.59. The molecule has 0 spiro atoms. The van der Waals surface area contributed by atoms with Gasteiger partial charge in [0.05, 0.1) is 0 Å². The van der Waals surface area contributed by atoms with E-state index >= 15 is 0 Å². The zero-order valence-corrected chi connectivity index (χ0v) is 11.2. The van der Waals surface area contributed by atoms with Crippen LogP contribution >= 0.6 is 0 Å². The predicted molar refractivity (Wildman–Crippen MR) is 83.6 cm³/mol. The highest BCUT2D eigenvalue weighted by atomic mass is 16.5. The SMILES string of the molecule is [O-][n+]1c(-c2cc3ccccc3cn2)ccc2ccccc21. The van der Waals surface area contributed by atoms with E-state index in [2.05, 4.69) is 4.98 Å². The second-order valence-corrected chi connectivity index (χ2v) is 4.99. The Morgan fingerprint density at radius 2 is 1.48 bits per heavy atom. The molecule has 0 unspecified atom stereocenters. The van der Waals surface area contributed by atoms with Crippen LogP contribution in [0, 0.1) is 5.21 Å². The average Bonchev–Trinajstić information content (AvgIpc) is 2.55. The van der Waals surface area contributed by atoms with Crippen LogP contribution in [-0.2, 0) is 0 Å². The third kappa shape index (κ3) is 1.91. The number of pyridine rings is 2. The lowest BCUT2D eigenvalue weighted by Crippen LogP contribution is -2.30. The van der Waals surface area contributed by atoms with Crippen molar-refractivity contribution in [3.05, 3.63) is 78.1 Å². The summed E-state index contributed by atoms with van der Waals surface area (Å²) >= 11 is 0. The van der Waals surface area contributed by atoms with Crippen LogP contribution in [0.1, 0.15) is 0 Å². The highest BCUT2D eigenvalue weighted by molar-refractivity contribution is 5.85. The minimum atomic E-state index is 0.569. The maximum atomic E-state index is 12.5. The van der Waals surface area contributed by atoms with Gasteiger partial charge in [-0.05, 0) is 23.6 Å². The number of benzene rings is 2. The van der Waals surface area contributed by atoms with E-state index in [1.165, 1.54) is 0 Å². The number of rotatable bonds is 1. The van der Waals surface area contributed by atoms with Gasteiger partial charge in [0.15, 0.2) is 0 Å². The van der Waals surface area contributed by atoms with Gasteiger partial charge in [0.2, 0.25) is 11.2 Å². The van der Waals surface area contributed by atoms with E-state index in [9.17, 15) is 5.21 Å². The molecule has 2 aromatic heterocycles. The number of fused-ring (bicyclic) bond motifs is 2. The van der Waals surface area contributed by atoms with Crippen molar-refractivity contribution in [3.63, 3.8) is 0 Å². The third-order valence-electron chi connectivity index (χ3n) is 3.69. The normalized spacial score (nSPS) is 11.0. The zero-order chi connectivity index (χ0) is 14.2. The van der Waals surface area contributed by atoms with Gasteiger partial charge in [0.25, 0.3) is 0 Å². The van der Waals surface area contributed by atoms with Crippen LogP contribution in [0.5, 0.6) is 0 Å². The lowest BCUT2D eigenvalue weighted by atomic mass is 10.1. The predicted octanol–water partition coefficient (Wildman–Crippen LogP) is 3.69. The number of para-hydroxylation sites is 1. The van der Waals surface area contributed by atoms with Crippen LogP contribution in [0.25, 0.3) is 33.1 Å². The van der Waals surface area contributed by atoms with Crippen molar-refractivity contribution >= 4 is 21.7 Å². The summed E-state index contributed by atoms with van der Waals surface area (Å²) in [5, 5.41) is 15.6. The first kappa shape index (κ1) is 11.9. The van der Waals surface area contributed by atoms with E-state index < -0.39 is 0 Å². The molecule has 21 heavy (non-hydrogen) atoms. The van der Waals surface area contributed by atoms with Gasteiger partial charge in [-0.1, -0.05) is 36.4 Å². The summed E-state index contributed by atoms with van der Waals surface area (Å²) in [6.45, 7) is 0. The Morgan fingerprint density at radius 1 is 0.762 bits per heavy atom. The molecule has 0 saturated carbocycles. The molecule has 0 aliphatic heterocycles. The van der Waals surface area contributed by atoms with Gasteiger partial charge in [-0.2, -0.15) is 4.73 Å². The van der Waals surface area contributed by atoms with E-state index in [0.29, 0.717) is 16.9 Å². The monoisotopic (exact) mass is 272 g/mol. The van der Waals surface area contributed by atoms with Crippen molar-refractivity contribution in [3.8, 4) is 11.4 Å². The summed E-state index contributed by atoms with van der Waals surface area (Å²) in [7, 11) is 0. The molecule has 4 aromatic rings. The lowest BCUT2D eigenvalue weighted by molar-refractivity contribution is -0.565. The Bertz CT molecular complexity index is 963. The molecular weight excluding hydrogens is 260 g/mol. The van der Waals surface area contributed by atoms with Gasteiger partial charge < -0.3 is 5.21 Å². The van der Waals surface area contributed by atoms with Gasteiger partial charge in [-0.3, -0.25) is 0 Å². The molecule has 0 amide bonds. The number of hydrogen-bond donors (Lipinski definition) is 0. The van der Waals surface area contributed by atoms with E-state index in [1.807, 2.05) is 66.7 Å². The number of hydrogen-bond acceptors (Lipinski definition) is 2. The van der Waals surface area contributed by atoms with Gasteiger partial charge in [-0.15, -0.1) is 0 Å². The Labute approximate surface area is 121 Å². The van der Waals surface area contributed by atoms with Crippen molar-refractivity contribution < 1.29 is 4.73 Å². The smallest absolute Gasteiger partial charge is 0.242 e. The molecule has 2 heterocycles. The van der Waals surface area contributed by atoms with Crippen LogP contribution in [0.3, 0.4) is 0 Å². The van der Waals surface area contributed by atoms with E-state index in [0.717, 1.165) is 20.9 Å². The van der Waals surface area contributed by atoms with Gasteiger partial charge >= 0.3 is 0 Å². The lowest BCUT2D eigenvalue weighted by Gasteiger charge is -2.07. The molecule has 0 fully saturated rings. The second-order valence-electron chi connectivity index (χ2n) is 4.99. The highest BCUT2D eigenvalue weighted by Gasteiger charge is 2.13. The molecule has 0 N–H and O–H groups in total. The molecule has 0 bridgehead atoms. The summed E-state index contributed by atoms with van der Waals surface area (Å²) < 4.78 is 0.951. The molecule has 0 aliphatic carbocycles. The highest BCUT2D eigenvalue weighted by Crippen LogP contribution is 2.21. The van der Waals surface area contributed by atoms with Crippen molar-refractivity contribution in [2.75, 3.05) is 0 Å². The van der Waals surface area contributed by atoms with Crippen molar-refractivity contribution in [1.29, 1.82) is 0 Å². The fraction of sp³-hybridized carbons (Fsp3) is 0. The summed E-state index contributed by atoms with van der Waals surface area (Å²) in [5.41, 5.74) is 1.92. The third-order valence-corrected chi connectivity index (χ3v) is 3.69. The van der Waals surface area contributed by atoms with Crippen LogP contribution < -0.4 is 4.73 Å². The maximum Gasteiger partial charge on any atom is 0.242 e. The van der Waals surface area contributed by atoms with Crippen LogP contribution in [0.15, 0.2) is 72.9 Å². The molecule has 2 aromatic carbocycles. The quantitative estimate of drug-likeness (QED) is 0.391. The van der Waals surface area contributed by atoms with E-state index in [-0.39, 0.29) is 0 Å². The van der Waals surface area contributed by atoms with E-state index in [4.69, 9.17) is 0 Å². The topological polar surface area (TPSA) is 39.8 Å². The Balaban J connectivity index is 1.97. The molecule has 0 radical (unpaired) electrons. The van der Waals surface area contributed by atoms with Crippen LogP contribution in [-0.4, -0.2) is 4.98 Å². The van der Waals surface area contributed by atoms with Crippen molar-refractivity contribution in [2.45, 2.75) is 0 Å². The molecule has 100 valence electrons. The van der Waals surface area contributed by atoms with E-state index in [1.54, 1.807) is 6.20 Å². The minimum absolute atomic E-state index is 0.569. The molecule has 0 saturated heterocycles. The fourth-order valence-electron chi connectivity index (χ4n) is 2.59. The van der Waals surface area contributed by atoms with Gasteiger partial charge in [0, 0.05) is 29.1 Å². The molecular formula is C18H12N2O. The summed E-state index contributed by atoms with van der Waals surface area (Å²) in [6, 6.07) is 21.3. The standard InChI is InChI=1S/C18H12N2O/c21-20-17-8-4-3-5-13(17)9-10-18(20)16-11-14-6-1-2-7-15(14)12-19-16/h1-12H. The summed E-state index contributed by atoms with van der Waals surface area (Å²) in [5.74, 6) is 0. The van der Waals surface area contributed by atoms with Gasteiger partial charge in [-0.25, -0.2) is 4.98 Å². The first-order valence-electron chi connectivity index (χ1n) is 6.79. The van der Waals surface area contributed by atoms with Crippen molar-refractivity contribution in [1.82, 2.24) is 4.98 Å². The average molecular weight is 272 g/mol. The first-order valence-corrected chi connectivity index (χ1v) is 6.79. The van der Waals surface area contributed by atoms with Crippen molar-refractivity contribution in [2.24, 2.45) is 0 Å². The molecule has 0 aliphatic rings. The molecule has 4 rings (SSSR count). The molecule has 3 nitrogen and oxygen atoms in total. The Morgan fingerprint density at radius 3 is 2.33 bits per heavy atom. The molecule has 3 heteroatoms. The summed E-state index contributed by atoms with van der Waals surface area (Å²) in [6.07, 6.45) is 1.81. The number of nitrogens with zero attached hydrogens (tertiary/aromatic N) is 2. The zero-order valence-electron chi connectivity index (χ0n) is 11.2. The Hall–Kier alpha value is -2.94. The first-order chi connectivity index (χ1) is 10.3. The van der Waals surface area contributed by atoms with Crippen LogP contribution in [0.2, 0.25) is 0 Å². The summed E-state index contributed by atoms with van der Waals surface area (Å²) in [4.78, 5) is 4.42. The maximum absolute atomic E-state index is 12.5. The minimum Gasteiger partial charge on any atom is -0.618 e. The van der Waals surface area contributed by atoms with Gasteiger partial charge in [0.1, 0.15) is 5.69 Å². The number of aromatic nitrogens is 2. The largest absolute Gasteiger partial charge is 0.618 e.